The molecule has 0 aliphatic carbocycles. The van der Waals surface area contributed by atoms with Crippen molar-refractivity contribution < 1.29 is 9.18 Å². The predicted octanol–water partition coefficient (Wildman–Crippen LogP) is 3.35. The maximum atomic E-state index is 13.2. The van der Waals surface area contributed by atoms with Crippen molar-refractivity contribution in [3.63, 3.8) is 0 Å². The van der Waals surface area contributed by atoms with Crippen LogP contribution in [0.15, 0.2) is 30.6 Å². The highest BCUT2D eigenvalue weighted by molar-refractivity contribution is 7.21. The van der Waals surface area contributed by atoms with Crippen molar-refractivity contribution in [2.24, 2.45) is 0 Å². The van der Waals surface area contributed by atoms with E-state index in [1.54, 1.807) is 18.5 Å². The summed E-state index contributed by atoms with van der Waals surface area (Å²) in [5.74, 6) is -0.626. The summed E-state index contributed by atoms with van der Waals surface area (Å²) in [5, 5.41) is 10.3. The van der Waals surface area contributed by atoms with E-state index in [2.05, 4.69) is 15.5 Å². The standard InChI is InChI=1S/C13H9ClFN3OS/c14-11-9-2-1-8(15)3-10(9)20-12(11)13(19)16-4-7-5-17-18-6-7/h1-3,5-6H,4H2,(H,16,19)(H,17,18). The Bertz CT molecular complexity index is 769. The van der Waals surface area contributed by atoms with Gasteiger partial charge in [0.1, 0.15) is 10.7 Å². The number of thiophene rings is 1. The first-order chi connectivity index (χ1) is 9.65. The van der Waals surface area contributed by atoms with Crippen molar-refractivity contribution in [3.05, 3.63) is 51.9 Å². The number of hydrogen-bond acceptors (Lipinski definition) is 3. The van der Waals surface area contributed by atoms with Gasteiger partial charge in [-0.3, -0.25) is 9.89 Å². The fraction of sp³-hybridized carbons (Fsp3) is 0.0769. The fourth-order valence-electron chi connectivity index (χ4n) is 1.82. The molecule has 1 aromatic carbocycles. The van der Waals surface area contributed by atoms with E-state index in [1.165, 1.54) is 23.5 Å². The smallest absolute Gasteiger partial charge is 0.263 e. The first-order valence-electron chi connectivity index (χ1n) is 5.78. The van der Waals surface area contributed by atoms with Gasteiger partial charge in [-0.25, -0.2) is 4.39 Å². The second-order valence-corrected chi connectivity index (χ2v) is 5.61. The molecule has 4 nitrogen and oxygen atoms in total. The lowest BCUT2D eigenvalue weighted by Crippen LogP contribution is -2.21. The number of benzene rings is 1. The zero-order chi connectivity index (χ0) is 14.1. The molecule has 3 rings (SSSR count). The summed E-state index contributed by atoms with van der Waals surface area (Å²) in [6.07, 6.45) is 3.32. The third-order valence-electron chi connectivity index (χ3n) is 2.81. The summed E-state index contributed by atoms with van der Waals surface area (Å²) in [6.45, 7) is 0.355. The maximum absolute atomic E-state index is 13.2. The second-order valence-electron chi connectivity index (χ2n) is 4.17. The first kappa shape index (κ1) is 13.1. The number of aromatic nitrogens is 2. The Morgan fingerprint density at radius 1 is 1.50 bits per heavy atom. The lowest BCUT2D eigenvalue weighted by molar-refractivity contribution is 0.0955. The van der Waals surface area contributed by atoms with E-state index in [-0.39, 0.29) is 11.7 Å². The van der Waals surface area contributed by atoms with Crippen molar-refractivity contribution in [3.8, 4) is 0 Å². The number of nitrogens with zero attached hydrogens (tertiary/aromatic N) is 1. The van der Waals surface area contributed by atoms with Crippen LogP contribution in [0.4, 0.5) is 4.39 Å². The number of hydrogen-bond donors (Lipinski definition) is 2. The van der Waals surface area contributed by atoms with Gasteiger partial charge >= 0.3 is 0 Å². The zero-order valence-corrected chi connectivity index (χ0v) is 11.7. The molecule has 0 aliphatic rings. The van der Waals surface area contributed by atoms with E-state index in [0.29, 0.717) is 26.5 Å². The average Bonchev–Trinajstić information content (AvgIpc) is 3.04. The Labute approximate surface area is 122 Å². The number of H-pyrrole nitrogens is 1. The maximum Gasteiger partial charge on any atom is 0.263 e. The minimum atomic E-state index is -0.347. The van der Waals surface area contributed by atoms with E-state index in [9.17, 15) is 9.18 Å². The van der Waals surface area contributed by atoms with Crippen molar-refractivity contribution in [2.75, 3.05) is 0 Å². The molecule has 3 aromatic rings. The SMILES string of the molecule is O=C(NCc1cn[nH]c1)c1sc2cc(F)ccc2c1Cl. The van der Waals surface area contributed by atoms with Gasteiger partial charge in [0.05, 0.1) is 11.2 Å². The molecule has 2 N–H and O–H groups in total. The van der Waals surface area contributed by atoms with Crippen LogP contribution in [0.1, 0.15) is 15.2 Å². The molecule has 1 amide bonds. The van der Waals surface area contributed by atoms with Crippen LogP contribution in [-0.4, -0.2) is 16.1 Å². The minimum absolute atomic E-state index is 0.280. The summed E-state index contributed by atoms with van der Waals surface area (Å²) < 4.78 is 13.8. The highest BCUT2D eigenvalue weighted by Crippen LogP contribution is 2.35. The number of halogens is 2. The van der Waals surface area contributed by atoms with Gasteiger partial charge in [0.25, 0.3) is 5.91 Å². The number of carbonyl (C=O) groups excluding carboxylic acids is 1. The van der Waals surface area contributed by atoms with Crippen LogP contribution in [0.5, 0.6) is 0 Å². The second kappa shape index (κ2) is 5.22. The minimum Gasteiger partial charge on any atom is -0.347 e. The highest BCUT2D eigenvalue weighted by Gasteiger charge is 2.17. The lowest BCUT2D eigenvalue weighted by Gasteiger charge is -2.01. The van der Waals surface area contributed by atoms with E-state index in [1.807, 2.05) is 0 Å². The summed E-state index contributed by atoms with van der Waals surface area (Å²) in [4.78, 5) is 12.5. The van der Waals surface area contributed by atoms with Gasteiger partial charge in [-0.1, -0.05) is 11.6 Å². The van der Waals surface area contributed by atoms with E-state index >= 15 is 0 Å². The average molecular weight is 310 g/mol. The summed E-state index contributed by atoms with van der Waals surface area (Å²) in [5.41, 5.74) is 0.863. The van der Waals surface area contributed by atoms with Gasteiger partial charge in [0, 0.05) is 28.4 Å². The van der Waals surface area contributed by atoms with Gasteiger partial charge in [-0.15, -0.1) is 11.3 Å². The zero-order valence-electron chi connectivity index (χ0n) is 10.1. The number of aromatic amines is 1. The summed E-state index contributed by atoms with van der Waals surface area (Å²) in [6, 6.07) is 4.28. The number of nitrogens with one attached hydrogen (secondary N) is 2. The van der Waals surface area contributed by atoms with Crippen molar-refractivity contribution in [2.45, 2.75) is 6.54 Å². The topological polar surface area (TPSA) is 57.8 Å². The Balaban J connectivity index is 1.85. The van der Waals surface area contributed by atoms with Crippen LogP contribution in [0.3, 0.4) is 0 Å². The van der Waals surface area contributed by atoms with E-state index < -0.39 is 0 Å². The molecule has 0 atom stereocenters. The normalized spacial score (nSPS) is 10.9. The summed E-state index contributed by atoms with van der Waals surface area (Å²) >= 11 is 7.35. The largest absolute Gasteiger partial charge is 0.347 e. The van der Waals surface area contributed by atoms with E-state index in [4.69, 9.17) is 11.6 Å². The van der Waals surface area contributed by atoms with Crippen LogP contribution in [0.2, 0.25) is 5.02 Å². The van der Waals surface area contributed by atoms with Crippen LogP contribution < -0.4 is 5.32 Å². The molecule has 0 saturated carbocycles. The molecule has 0 unspecified atom stereocenters. The first-order valence-corrected chi connectivity index (χ1v) is 6.98. The third-order valence-corrected chi connectivity index (χ3v) is 4.46. The molecule has 2 heterocycles. The van der Waals surface area contributed by atoms with Crippen molar-refractivity contribution in [1.82, 2.24) is 15.5 Å². The molecule has 102 valence electrons. The van der Waals surface area contributed by atoms with E-state index in [0.717, 1.165) is 5.56 Å². The van der Waals surface area contributed by atoms with Gasteiger partial charge in [0.2, 0.25) is 0 Å². The van der Waals surface area contributed by atoms with Crippen molar-refractivity contribution in [1.29, 1.82) is 0 Å². The number of fused-ring (bicyclic) bond motifs is 1. The number of amides is 1. The molecule has 20 heavy (non-hydrogen) atoms. The molecule has 0 radical (unpaired) electrons. The Hall–Kier alpha value is -1.92. The van der Waals surface area contributed by atoms with Crippen LogP contribution in [0, 0.1) is 5.82 Å². The van der Waals surface area contributed by atoms with Gasteiger partial charge in [0.15, 0.2) is 0 Å². The molecule has 0 saturated heterocycles. The molecular formula is C13H9ClFN3OS. The third kappa shape index (κ3) is 2.39. The Morgan fingerprint density at radius 2 is 2.35 bits per heavy atom. The summed E-state index contributed by atoms with van der Waals surface area (Å²) in [7, 11) is 0. The molecule has 7 heteroatoms. The fourth-order valence-corrected chi connectivity index (χ4v) is 3.28. The quantitative estimate of drug-likeness (QED) is 0.779. The Kier molecular flexibility index (Phi) is 3.42. The predicted molar refractivity (Wildman–Crippen MR) is 76.6 cm³/mol. The molecule has 2 aromatic heterocycles. The highest BCUT2D eigenvalue weighted by atomic mass is 35.5. The molecule has 0 fully saturated rings. The monoisotopic (exact) mass is 309 g/mol. The van der Waals surface area contributed by atoms with Crippen LogP contribution in [-0.2, 0) is 6.54 Å². The van der Waals surface area contributed by atoms with Gasteiger partial charge < -0.3 is 5.32 Å². The van der Waals surface area contributed by atoms with Crippen molar-refractivity contribution >= 4 is 38.9 Å². The number of rotatable bonds is 3. The van der Waals surface area contributed by atoms with Crippen LogP contribution in [0.25, 0.3) is 10.1 Å². The Morgan fingerprint density at radius 3 is 3.10 bits per heavy atom. The molecular weight excluding hydrogens is 301 g/mol. The van der Waals surface area contributed by atoms with Crippen LogP contribution >= 0.6 is 22.9 Å². The molecule has 0 aliphatic heterocycles. The van der Waals surface area contributed by atoms with Gasteiger partial charge in [-0.2, -0.15) is 5.10 Å². The number of carbonyl (C=O) groups is 1. The molecule has 0 bridgehead atoms. The molecule has 0 spiro atoms. The lowest BCUT2D eigenvalue weighted by atomic mass is 10.2. The van der Waals surface area contributed by atoms with Gasteiger partial charge in [-0.05, 0) is 18.2 Å².